The van der Waals surface area contributed by atoms with Crippen molar-refractivity contribution in [3.8, 4) is 0 Å². The summed E-state index contributed by atoms with van der Waals surface area (Å²) < 4.78 is 16.7. The molecule has 1 N–H and O–H groups in total. The first-order valence-electron chi connectivity index (χ1n) is 6.58. The Kier molecular flexibility index (Phi) is 4.08. The van der Waals surface area contributed by atoms with Gasteiger partial charge in [-0.05, 0) is 32.1 Å². The van der Waals surface area contributed by atoms with Gasteiger partial charge in [0, 0.05) is 19.8 Å². The third kappa shape index (κ3) is 3.91. The van der Waals surface area contributed by atoms with Gasteiger partial charge in [0.05, 0.1) is 19.3 Å². The zero-order chi connectivity index (χ0) is 12.4. The van der Waals surface area contributed by atoms with E-state index < -0.39 is 5.79 Å². The Labute approximate surface area is 104 Å². The number of hydrogen-bond donors (Lipinski definition) is 1. The summed E-state index contributed by atoms with van der Waals surface area (Å²) in [6.07, 6.45) is 2.28. The Morgan fingerprint density at radius 2 is 1.65 bits per heavy atom. The molecular formula is C13H25NO3. The van der Waals surface area contributed by atoms with Crippen molar-refractivity contribution in [3.63, 3.8) is 0 Å². The third-order valence-corrected chi connectivity index (χ3v) is 3.78. The van der Waals surface area contributed by atoms with Crippen molar-refractivity contribution in [1.82, 2.24) is 5.32 Å². The van der Waals surface area contributed by atoms with E-state index in [2.05, 4.69) is 12.2 Å². The summed E-state index contributed by atoms with van der Waals surface area (Å²) in [5.74, 6) is -0.416. The van der Waals surface area contributed by atoms with E-state index in [0.29, 0.717) is 11.5 Å². The largest absolute Gasteiger partial charge is 0.381 e. The molecule has 0 aromatic carbocycles. The molecule has 2 rings (SSSR count). The van der Waals surface area contributed by atoms with E-state index in [1.165, 1.54) is 0 Å². The van der Waals surface area contributed by atoms with E-state index in [1.54, 1.807) is 0 Å². The number of ether oxygens (including phenoxy) is 3. The van der Waals surface area contributed by atoms with E-state index in [-0.39, 0.29) is 0 Å². The van der Waals surface area contributed by atoms with Gasteiger partial charge in [-0.1, -0.05) is 6.92 Å². The summed E-state index contributed by atoms with van der Waals surface area (Å²) in [6.45, 7) is 10.5. The molecule has 0 aromatic rings. The molecule has 0 unspecified atom stereocenters. The highest BCUT2D eigenvalue weighted by atomic mass is 16.7. The molecule has 17 heavy (non-hydrogen) atoms. The Bertz CT molecular complexity index is 239. The van der Waals surface area contributed by atoms with Crippen molar-refractivity contribution < 1.29 is 14.2 Å². The fourth-order valence-corrected chi connectivity index (χ4v) is 2.24. The Morgan fingerprint density at radius 3 is 2.24 bits per heavy atom. The van der Waals surface area contributed by atoms with Crippen molar-refractivity contribution in [3.05, 3.63) is 0 Å². The van der Waals surface area contributed by atoms with Crippen LogP contribution in [0.4, 0.5) is 0 Å². The summed E-state index contributed by atoms with van der Waals surface area (Å²) in [6, 6.07) is 0.322. The fraction of sp³-hybridized carbons (Fsp3) is 1.00. The van der Waals surface area contributed by atoms with E-state index in [0.717, 1.165) is 45.8 Å². The van der Waals surface area contributed by atoms with Crippen LogP contribution in [0, 0.1) is 5.41 Å². The van der Waals surface area contributed by atoms with Gasteiger partial charge in [-0.15, -0.1) is 0 Å². The van der Waals surface area contributed by atoms with Gasteiger partial charge in [-0.3, -0.25) is 0 Å². The summed E-state index contributed by atoms with van der Waals surface area (Å²) in [5.41, 5.74) is 0.366. The van der Waals surface area contributed by atoms with Gasteiger partial charge < -0.3 is 19.5 Å². The van der Waals surface area contributed by atoms with Gasteiger partial charge in [-0.25, -0.2) is 0 Å². The van der Waals surface area contributed by atoms with Crippen LogP contribution in [0.1, 0.15) is 33.6 Å². The van der Waals surface area contributed by atoms with Crippen LogP contribution in [-0.2, 0) is 14.2 Å². The minimum atomic E-state index is -0.416. The normalized spacial score (nSPS) is 29.1. The maximum atomic E-state index is 5.64. The average molecular weight is 243 g/mol. The van der Waals surface area contributed by atoms with Crippen LogP contribution in [0.5, 0.6) is 0 Å². The lowest BCUT2D eigenvalue weighted by Gasteiger charge is -2.38. The van der Waals surface area contributed by atoms with Crippen molar-refractivity contribution >= 4 is 0 Å². The molecule has 0 aliphatic carbocycles. The monoisotopic (exact) mass is 243 g/mol. The molecule has 4 heteroatoms. The van der Waals surface area contributed by atoms with E-state index >= 15 is 0 Å². The zero-order valence-electron chi connectivity index (χ0n) is 11.3. The maximum Gasteiger partial charge on any atom is 0.162 e. The average Bonchev–Trinajstić information content (AvgIpc) is 2.29. The van der Waals surface area contributed by atoms with Gasteiger partial charge >= 0.3 is 0 Å². The highest BCUT2D eigenvalue weighted by Crippen LogP contribution is 2.29. The molecule has 0 amide bonds. The van der Waals surface area contributed by atoms with Crippen molar-refractivity contribution in [2.24, 2.45) is 5.41 Å². The molecule has 2 heterocycles. The Hall–Kier alpha value is -0.160. The van der Waals surface area contributed by atoms with Gasteiger partial charge in [0.2, 0.25) is 0 Å². The summed E-state index contributed by atoms with van der Waals surface area (Å²) in [4.78, 5) is 0. The molecule has 2 aliphatic heterocycles. The first kappa shape index (κ1) is 13.3. The van der Waals surface area contributed by atoms with Crippen LogP contribution in [-0.4, -0.2) is 44.8 Å². The van der Waals surface area contributed by atoms with Gasteiger partial charge in [0.1, 0.15) is 0 Å². The lowest BCUT2D eigenvalue weighted by molar-refractivity contribution is -0.253. The molecular weight excluding hydrogens is 218 g/mol. The Balaban J connectivity index is 1.71. The molecule has 0 atom stereocenters. The number of hydrogen-bond acceptors (Lipinski definition) is 4. The van der Waals surface area contributed by atoms with Crippen molar-refractivity contribution in [1.29, 1.82) is 0 Å². The first-order chi connectivity index (χ1) is 7.99. The SMILES string of the molecule is CC1(CNC2COC(C)(C)OC2)CCOCC1. The summed E-state index contributed by atoms with van der Waals surface area (Å²) >= 11 is 0. The van der Waals surface area contributed by atoms with Crippen LogP contribution < -0.4 is 5.32 Å². The predicted octanol–water partition coefficient (Wildman–Crippen LogP) is 1.54. The molecule has 0 spiro atoms. The standard InChI is InChI=1S/C13H25NO3/c1-12(2)16-8-11(9-17-12)14-10-13(3)4-6-15-7-5-13/h11,14H,4-10H2,1-3H3. The fourth-order valence-electron chi connectivity index (χ4n) is 2.24. The van der Waals surface area contributed by atoms with Crippen LogP contribution >= 0.6 is 0 Å². The second-order valence-corrected chi connectivity index (χ2v) is 6.02. The first-order valence-corrected chi connectivity index (χ1v) is 6.58. The number of nitrogens with one attached hydrogen (secondary N) is 1. The van der Waals surface area contributed by atoms with E-state index in [1.807, 2.05) is 13.8 Å². The molecule has 0 bridgehead atoms. The van der Waals surface area contributed by atoms with E-state index in [4.69, 9.17) is 14.2 Å². The highest BCUT2D eigenvalue weighted by molar-refractivity contribution is 4.82. The smallest absolute Gasteiger partial charge is 0.162 e. The van der Waals surface area contributed by atoms with Gasteiger partial charge in [-0.2, -0.15) is 0 Å². The van der Waals surface area contributed by atoms with Crippen LogP contribution in [0.3, 0.4) is 0 Å². The zero-order valence-corrected chi connectivity index (χ0v) is 11.3. The second-order valence-electron chi connectivity index (χ2n) is 6.02. The van der Waals surface area contributed by atoms with Gasteiger partial charge in [0.15, 0.2) is 5.79 Å². The van der Waals surface area contributed by atoms with Crippen LogP contribution in [0.2, 0.25) is 0 Å². The summed E-state index contributed by atoms with van der Waals surface area (Å²) in [7, 11) is 0. The molecule has 4 nitrogen and oxygen atoms in total. The van der Waals surface area contributed by atoms with Gasteiger partial charge in [0.25, 0.3) is 0 Å². The lowest BCUT2D eigenvalue weighted by Crippen LogP contribution is -2.51. The minimum absolute atomic E-state index is 0.322. The van der Waals surface area contributed by atoms with Crippen molar-refractivity contribution in [2.45, 2.75) is 45.4 Å². The maximum absolute atomic E-state index is 5.64. The summed E-state index contributed by atoms with van der Waals surface area (Å²) in [5, 5.41) is 3.56. The topological polar surface area (TPSA) is 39.7 Å². The number of rotatable bonds is 3. The lowest BCUT2D eigenvalue weighted by atomic mass is 9.82. The second kappa shape index (κ2) is 5.22. The van der Waals surface area contributed by atoms with Crippen LogP contribution in [0.25, 0.3) is 0 Å². The minimum Gasteiger partial charge on any atom is -0.381 e. The molecule has 0 saturated carbocycles. The molecule has 2 fully saturated rings. The van der Waals surface area contributed by atoms with E-state index in [9.17, 15) is 0 Å². The molecule has 0 aromatic heterocycles. The Morgan fingerprint density at radius 1 is 1.06 bits per heavy atom. The molecule has 2 aliphatic rings. The molecule has 0 radical (unpaired) electrons. The quantitative estimate of drug-likeness (QED) is 0.816. The molecule has 100 valence electrons. The van der Waals surface area contributed by atoms with Crippen molar-refractivity contribution in [2.75, 3.05) is 33.0 Å². The predicted molar refractivity (Wildman–Crippen MR) is 65.9 cm³/mol. The molecule has 2 saturated heterocycles. The third-order valence-electron chi connectivity index (χ3n) is 3.78. The highest BCUT2D eigenvalue weighted by Gasteiger charge is 2.31. The van der Waals surface area contributed by atoms with Crippen LogP contribution in [0.15, 0.2) is 0 Å².